The number of carbonyl (C=O) groups is 1. The van der Waals surface area contributed by atoms with Gasteiger partial charge in [0.25, 0.3) is 11.6 Å². The van der Waals surface area contributed by atoms with E-state index in [1.54, 1.807) is 0 Å². The Morgan fingerprint density at radius 3 is 2.67 bits per heavy atom. The van der Waals surface area contributed by atoms with Gasteiger partial charge in [-0.3, -0.25) is 14.9 Å². The van der Waals surface area contributed by atoms with Gasteiger partial charge in [-0.05, 0) is 30.3 Å². The monoisotopic (exact) mass is 372 g/mol. The Bertz CT molecular complexity index is 739. The molecule has 108 valence electrons. The summed E-state index contributed by atoms with van der Waals surface area (Å²) in [5.74, 6) is -1.47. The van der Waals surface area contributed by atoms with Gasteiger partial charge < -0.3 is 5.32 Å². The van der Waals surface area contributed by atoms with E-state index in [2.05, 4.69) is 21.2 Å². The molecular formula is C13H7BrClFN2O3. The van der Waals surface area contributed by atoms with Crippen LogP contribution in [0.4, 0.5) is 15.8 Å². The Morgan fingerprint density at radius 2 is 2.00 bits per heavy atom. The van der Waals surface area contributed by atoms with Gasteiger partial charge in [-0.1, -0.05) is 27.5 Å². The van der Waals surface area contributed by atoms with Crippen molar-refractivity contribution in [1.29, 1.82) is 0 Å². The van der Waals surface area contributed by atoms with Gasteiger partial charge >= 0.3 is 0 Å². The third-order valence-electron chi connectivity index (χ3n) is 2.58. The van der Waals surface area contributed by atoms with Crippen molar-refractivity contribution in [3.63, 3.8) is 0 Å². The molecule has 0 radical (unpaired) electrons. The van der Waals surface area contributed by atoms with Crippen molar-refractivity contribution in [3.05, 3.63) is 67.4 Å². The summed E-state index contributed by atoms with van der Waals surface area (Å²) >= 11 is 8.89. The van der Waals surface area contributed by atoms with E-state index in [0.29, 0.717) is 4.47 Å². The highest BCUT2D eigenvalue weighted by molar-refractivity contribution is 9.10. The van der Waals surface area contributed by atoms with Crippen molar-refractivity contribution in [3.8, 4) is 0 Å². The molecule has 0 aromatic heterocycles. The number of nitrogens with zero attached hydrogens (tertiary/aromatic N) is 1. The number of hydrogen-bond acceptors (Lipinski definition) is 3. The minimum absolute atomic E-state index is 0.0938. The van der Waals surface area contributed by atoms with E-state index in [-0.39, 0.29) is 16.3 Å². The van der Waals surface area contributed by atoms with E-state index in [4.69, 9.17) is 11.6 Å². The average Bonchev–Trinajstić information content (AvgIpc) is 2.42. The summed E-state index contributed by atoms with van der Waals surface area (Å²) in [5.41, 5.74) is -0.747. The number of nitrogens with one attached hydrogen (secondary N) is 1. The summed E-state index contributed by atoms with van der Waals surface area (Å²) in [6, 6.07) is 7.55. The maximum absolute atomic E-state index is 13.6. The van der Waals surface area contributed by atoms with Crippen molar-refractivity contribution in [2.75, 3.05) is 5.32 Å². The van der Waals surface area contributed by atoms with Crippen molar-refractivity contribution in [2.45, 2.75) is 0 Å². The molecule has 8 heteroatoms. The molecule has 2 rings (SSSR count). The third-order valence-corrected chi connectivity index (χ3v) is 3.30. The Kier molecular flexibility index (Phi) is 4.54. The molecule has 0 aliphatic heterocycles. The normalized spacial score (nSPS) is 10.2. The van der Waals surface area contributed by atoms with Crippen LogP contribution in [0.25, 0.3) is 0 Å². The highest BCUT2D eigenvalue weighted by atomic mass is 79.9. The molecule has 0 saturated heterocycles. The molecule has 1 amide bonds. The third kappa shape index (κ3) is 3.56. The summed E-state index contributed by atoms with van der Waals surface area (Å²) in [7, 11) is 0. The molecule has 0 heterocycles. The van der Waals surface area contributed by atoms with Crippen LogP contribution < -0.4 is 5.32 Å². The van der Waals surface area contributed by atoms with Crippen LogP contribution in [-0.4, -0.2) is 10.8 Å². The number of amides is 1. The SMILES string of the molecule is O=C(Nc1cc(Br)ccc1F)c1cc(Cl)ccc1[N+](=O)[O-]. The lowest BCUT2D eigenvalue weighted by molar-refractivity contribution is -0.385. The zero-order valence-electron chi connectivity index (χ0n) is 10.3. The van der Waals surface area contributed by atoms with E-state index in [1.807, 2.05) is 0 Å². The molecule has 2 aromatic rings. The van der Waals surface area contributed by atoms with Gasteiger partial charge in [-0.25, -0.2) is 4.39 Å². The maximum atomic E-state index is 13.6. The number of halogens is 3. The lowest BCUT2D eigenvalue weighted by Crippen LogP contribution is -2.15. The summed E-state index contributed by atoms with van der Waals surface area (Å²) in [4.78, 5) is 22.3. The quantitative estimate of drug-likeness (QED) is 0.640. The van der Waals surface area contributed by atoms with Crippen LogP contribution in [0, 0.1) is 15.9 Å². The van der Waals surface area contributed by atoms with Gasteiger partial charge in [0, 0.05) is 15.6 Å². The topological polar surface area (TPSA) is 72.2 Å². The minimum Gasteiger partial charge on any atom is -0.319 e. The van der Waals surface area contributed by atoms with Gasteiger partial charge in [0.15, 0.2) is 0 Å². The van der Waals surface area contributed by atoms with Crippen molar-refractivity contribution in [1.82, 2.24) is 0 Å². The number of nitro benzene ring substituents is 1. The van der Waals surface area contributed by atoms with E-state index >= 15 is 0 Å². The number of carbonyl (C=O) groups excluding carboxylic acids is 1. The Balaban J connectivity index is 2.39. The minimum atomic E-state index is -0.818. The number of rotatable bonds is 3. The fraction of sp³-hybridized carbons (Fsp3) is 0. The van der Waals surface area contributed by atoms with Gasteiger partial charge in [0.05, 0.1) is 10.6 Å². The second kappa shape index (κ2) is 6.19. The van der Waals surface area contributed by atoms with Crippen molar-refractivity contribution >= 4 is 44.8 Å². The number of nitro groups is 1. The number of benzene rings is 2. The number of hydrogen-bond donors (Lipinski definition) is 1. The summed E-state index contributed by atoms with van der Waals surface area (Å²) in [5, 5.41) is 13.4. The standard InChI is InChI=1S/C13H7BrClFN2O3/c14-7-1-3-10(16)11(5-7)17-13(19)9-6-8(15)2-4-12(9)18(20)21/h1-6H,(H,17,19). The van der Waals surface area contributed by atoms with Crippen LogP contribution in [0.2, 0.25) is 5.02 Å². The molecule has 0 aliphatic rings. The van der Waals surface area contributed by atoms with Crippen LogP contribution in [0.5, 0.6) is 0 Å². The molecule has 2 aromatic carbocycles. The molecule has 21 heavy (non-hydrogen) atoms. The predicted molar refractivity (Wildman–Crippen MR) is 80.2 cm³/mol. The second-order valence-corrected chi connectivity index (χ2v) is 5.35. The molecule has 0 saturated carbocycles. The van der Waals surface area contributed by atoms with Gasteiger partial charge in [0.2, 0.25) is 0 Å². The van der Waals surface area contributed by atoms with Gasteiger partial charge in [-0.15, -0.1) is 0 Å². The average molecular weight is 374 g/mol. The predicted octanol–water partition coefficient (Wildman–Crippen LogP) is 4.40. The van der Waals surface area contributed by atoms with Crippen LogP contribution >= 0.6 is 27.5 Å². The smallest absolute Gasteiger partial charge is 0.282 e. The first-order valence-corrected chi connectivity index (χ1v) is 6.76. The van der Waals surface area contributed by atoms with Crippen molar-refractivity contribution < 1.29 is 14.1 Å². The molecule has 5 nitrogen and oxygen atoms in total. The van der Waals surface area contributed by atoms with Gasteiger partial charge in [-0.2, -0.15) is 0 Å². The van der Waals surface area contributed by atoms with Crippen LogP contribution in [0.15, 0.2) is 40.9 Å². The van der Waals surface area contributed by atoms with E-state index in [9.17, 15) is 19.3 Å². The van der Waals surface area contributed by atoms with Crippen LogP contribution in [0.1, 0.15) is 10.4 Å². The molecule has 0 atom stereocenters. The first-order valence-electron chi connectivity index (χ1n) is 5.59. The maximum Gasteiger partial charge on any atom is 0.282 e. The highest BCUT2D eigenvalue weighted by Gasteiger charge is 2.21. The second-order valence-electron chi connectivity index (χ2n) is 4.00. The molecule has 0 fully saturated rings. The lowest BCUT2D eigenvalue weighted by Gasteiger charge is -2.07. The summed E-state index contributed by atoms with van der Waals surface area (Å²) in [6.07, 6.45) is 0. The number of anilines is 1. The van der Waals surface area contributed by atoms with E-state index in [0.717, 1.165) is 18.2 Å². The molecular weight excluding hydrogens is 367 g/mol. The van der Waals surface area contributed by atoms with Crippen molar-refractivity contribution in [2.24, 2.45) is 0 Å². The molecule has 1 N–H and O–H groups in total. The Morgan fingerprint density at radius 1 is 1.29 bits per heavy atom. The summed E-state index contributed by atoms with van der Waals surface area (Å²) < 4.78 is 14.1. The Labute approximate surface area is 132 Å². The molecule has 0 bridgehead atoms. The molecule has 0 unspecified atom stereocenters. The largest absolute Gasteiger partial charge is 0.319 e. The Hall–Kier alpha value is -1.99. The molecule has 0 aliphatic carbocycles. The zero-order valence-corrected chi connectivity index (χ0v) is 12.6. The first kappa shape index (κ1) is 15.4. The van der Waals surface area contributed by atoms with Gasteiger partial charge in [0.1, 0.15) is 11.4 Å². The van der Waals surface area contributed by atoms with E-state index < -0.39 is 22.3 Å². The fourth-order valence-corrected chi connectivity index (χ4v) is 2.17. The first-order chi connectivity index (χ1) is 9.88. The fourth-order valence-electron chi connectivity index (χ4n) is 1.63. The van der Waals surface area contributed by atoms with E-state index in [1.165, 1.54) is 18.2 Å². The lowest BCUT2D eigenvalue weighted by atomic mass is 10.1. The highest BCUT2D eigenvalue weighted by Crippen LogP contribution is 2.25. The molecule has 0 spiro atoms. The van der Waals surface area contributed by atoms with Crippen LogP contribution in [-0.2, 0) is 0 Å². The zero-order chi connectivity index (χ0) is 15.6. The summed E-state index contributed by atoms with van der Waals surface area (Å²) in [6.45, 7) is 0. The van der Waals surface area contributed by atoms with Crippen LogP contribution in [0.3, 0.4) is 0 Å².